The third-order valence-corrected chi connectivity index (χ3v) is 4.65. The second-order valence-electron chi connectivity index (χ2n) is 6.76. The average molecular weight is 364 g/mol. The zero-order valence-electron chi connectivity index (χ0n) is 15.8. The van der Waals surface area contributed by atoms with Gasteiger partial charge >= 0.3 is 0 Å². The van der Waals surface area contributed by atoms with Gasteiger partial charge in [-0.1, -0.05) is 18.2 Å². The van der Waals surface area contributed by atoms with Gasteiger partial charge in [0.1, 0.15) is 5.75 Å². The van der Waals surface area contributed by atoms with Crippen molar-refractivity contribution < 1.29 is 9.53 Å². The Morgan fingerprint density at radius 1 is 1.11 bits per heavy atom. The summed E-state index contributed by atoms with van der Waals surface area (Å²) in [7, 11) is 0. The summed E-state index contributed by atoms with van der Waals surface area (Å²) < 4.78 is 5.60. The van der Waals surface area contributed by atoms with Crippen molar-refractivity contribution in [3.8, 4) is 5.75 Å². The molecule has 0 saturated heterocycles. The quantitative estimate of drug-likeness (QED) is 0.705. The van der Waals surface area contributed by atoms with E-state index in [0.717, 1.165) is 16.5 Å². The van der Waals surface area contributed by atoms with E-state index in [9.17, 15) is 9.59 Å². The van der Waals surface area contributed by atoms with Crippen LogP contribution in [0.1, 0.15) is 23.6 Å². The van der Waals surface area contributed by atoms with Gasteiger partial charge in [-0.25, -0.2) is 0 Å². The Hall–Kier alpha value is -3.08. The van der Waals surface area contributed by atoms with Gasteiger partial charge in [-0.2, -0.15) is 0 Å². The minimum Gasteiger partial charge on any atom is -0.481 e. The molecular weight excluding hydrogens is 340 g/mol. The molecule has 1 atom stereocenters. The van der Waals surface area contributed by atoms with Crippen LogP contribution in [0.2, 0.25) is 0 Å². The second-order valence-corrected chi connectivity index (χ2v) is 6.76. The van der Waals surface area contributed by atoms with Crippen molar-refractivity contribution >= 4 is 16.8 Å². The number of pyridine rings is 1. The Balaban J connectivity index is 1.61. The molecule has 27 heavy (non-hydrogen) atoms. The maximum atomic E-state index is 12.3. The lowest BCUT2D eigenvalue weighted by molar-refractivity contribution is -0.127. The van der Waals surface area contributed by atoms with Crippen LogP contribution in [0, 0.1) is 13.8 Å². The van der Waals surface area contributed by atoms with E-state index in [1.165, 1.54) is 5.56 Å². The molecule has 5 heteroatoms. The van der Waals surface area contributed by atoms with Gasteiger partial charge in [0, 0.05) is 17.6 Å². The van der Waals surface area contributed by atoms with Gasteiger partial charge in [-0.05, 0) is 74.0 Å². The zero-order chi connectivity index (χ0) is 19.4. The van der Waals surface area contributed by atoms with Crippen LogP contribution >= 0.6 is 0 Å². The number of fused-ring (bicyclic) bond motifs is 1. The van der Waals surface area contributed by atoms with Crippen LogP contribution in [0.5, 0.6) is 5.75 Å². The van der Waals surface area contributed by atoms with E-state index in [2.05, 4.69) is 16.4 Å². The van der Waals surface area contributed by atoms with Gasteiger partial charge < -0.3 is 15.0 Å². The molecule has 0 bridgehead atoms. The SMILES string of the molecule is Cc1cc2cc(CCNC(=O)[C@H](C)Oc3ccccc3)c(=O)[nH]c2cc1C. The fourth-order valence-electron chi connectivity index (χ4n) is 2.93. The molecule has 140 valence electrons. The van der Waals surface area contributed by atoms with Crippen LogP contribution in [-0.2, 0) is 11.2 Å². The van der Waals surface area contributed by atoms with Gasteiger partial charge in [0.25, 0.3) is 11.5 Å². The van der Waals surface area contributed by atoms with Gasteiger partial charge in [0.15, 0.2) is 6.10 Å². The Bertz CT molecular complexity index is 1010. The zero-order valence-corrected chi connectivity index (χ0v) is 15.8. The molecule has 0 fully saturated rings. The molecule has 0 aliphatic heterocycles. The van der Waals surface area contributed by atoms with Crippen molar-refractivity contribution in [2.45, 2.75) is 33.3 Å². The van der Waals surface area contributed by atoms with Crippen LogP contribution in [0.25, 0.3) is 10.9 Å². The highest BCUT2D eigenvalue weighted by molar-refractivity contribution is 5.81. The molecule has 3 rings (SSSR count). The third-order valence-electron chi connectivity index (χ3n) is 4.65. The standard InChI is InChI=1S/C22H24N2O3/c1-14-11-18-13-17(22(26)24-20(18)12-15(14)2)9-10-23-21(25)16(3)27-19-7-5-4-6-8-19/h4-8,11-13,16H,9-10H2,1-3H3,(H,23,25)(H,24,26)/t16-/m0/s1. The number of hydrogen-bond acceptors (Lipinski definition) is 3. The summed E-state index contributed by atoms with van der Waals surface area (Å²) in [6, 6.07) is 15.2. The second kappa shape index (κ2) is 8.08. The van der Waals surface area contributed by atoms with Crippen LogP contribution in [-0.4, -0.2) is 23.5 Å². The van der Waals surface area contributed by atoms with E-state index >= 15 is 0 Å². The molecule has 1 heterocycles. The number of carbonyl (C=O) groups excluding carboxylic acids is 1. The van der Waals surface area contributed by atoms with Crippen LogP contribution in [0.3, 0.4) is 0 Å². The normalized spacial score (nSPS) is 12.0. The summed E-state index contributed by atoms with van der Waals surface area (Å²) in [5.41, 5.74) is 3.70. The Labute approximate surface area is 158 Å². The van der Waals surface area contributed by atoms with Gasteiger partial charge in [0.05, 0.1) is 0 Å². The Morgan fingerprint density at radius 2 is 1.81 bits per heavy atom. The monoisotopic (exact) mass is 364 g/mol. The van der Waals surface area contributed by atoms with E-state index in [-0.39, 0.29) is 11.5 Å². The molecular formula is C22H24N2O3. The molecule has 2 aromatic carbocycles. The number of ether oxygens (including phenoxy) is 1. The van der Waals surface area contributed by atoms with Crippen LogP contribution < -0.4 is 15.6 Å². The summed E-state index contributed by atoms with van der Waals surface area (Å²) in [4.78, 5) is 27.4. The molecule has 1 aromatic heterocycles. The molecule has 0 unspecified atom stereocenters. The molecule has 2 N–H and O–H groups in total. The number of aromatic amines is 1. The van der Waals surface area contributed by atoms with Gasteiger partial charge in [-0.15, -0.1) is 0 Å². The maximum absolute atomic E-state index is 12.3. The Kier molecular flexibility index (Phi) is 5.60. The summed E-state index contributed by atoms with van der Waals surface area (Å²) in [5, 5.41) is 3.83. The molecule has 0 saturated carbocycles. The van der Waals surface area contributed by atoms with E-state index < -0.39 is 6.10 Å². The van der Waals surface area contributed by atoms with E-state index in [1.54, 1.807) is 6.92 Å². The number of benzene rings is 2. The van der Waals surface area contributed by atoms with Gasteiger partial charge in [-0.3, -0.25) is 9.59 Å². The molecule has 1 amide bonds. The highest BCUT2D eigenvalue weighted by Gasteiger charge is 2.14. The fraction of sp³-hybridized carbons (Fsp3) is 0.273. The number of aryl methyl sites for hydroxylation is 2. The van der Waals surface area contributed by atoms with Crippen molar-refractivity contribution in [3.05, 3.63) is 75.6 Å². The van der Waals surface area contributed by atoms with Crippen molar-refractivity contribution in [1.82, 2.24) is 10.3 Å². The number of amides is 1. The number of H-pyrrole nitrogens is 1. The highest BCUT2D eigenvalue weighted by Crippen LogP contribution is 2.17. The number of nitrogens with one attached hydrogen (secondary N) is 2. The van der Waals surface area contributed by atoms with Gasteiger partial charge in [0.2, 0.25) is 0 Å². The Morgan fingerprint density at radius 3 is 2.56 bits per heavy atom. The molecule has 3 aromatic rings. The van der Waals surface area contributed by atoms with E-state index in [1.807, 2.05) is 56.3 Å². The number of carbonyl (C=O) groups is 1. The van der Waals surface area contributed by atoms with E-state index in [0.29, 0.717) is 24.3 Å². The lowest BCUT2D eigenvalue weighted by Gasteiger charge is -2.14. The molecule has 0 radical (unpaired) electrons. The largest absolute Gasteiger partial charge is 0.481 e. The smallest absolute Gasteiger partial charge is 0.260 e. The molecule has 0 aliphatic rings. The lowest BCUT2D eigenvalue weighted by Crippen LogP contribution is -2.37. The van der Waals surface area contributed by atoms with Crippen molar-refractivity contribution in [3.63, 3.8) is 0 Å². The fourth-order valence-corrected chi connectivity index (χ4v) is 2.93. The van der Waals surface area contributed by atoms with Crippen molar-refractivity contribution in [2.24, 2.45) is 0 Å². The summed E-state index contributed by atoms with van der Waals surface area (Å²) in [6.07, 6.45) is -0.143. The summed E-state index contributed by atoms with van der Waals surface area (Å²) in [6.45, 7) is 6.15. The summed E-state index contributed by atoms with van der Waals surface area (Å²) >= 11 is 0. The number of aromatic nitrogens is 1. The minimum absolute atomic E-state index is 0.117. The molecule has 0 spiro atoms. The number of para-hydroxylation sites is 1. The van der Waals surface area contributed by atoms with Crippen molar-refractivity contribution in [1.29, 1.82) is 0 Å². The average Bonchev–Trinajstić information content (AvgIpc) is 2.64. The van der Waals surface area contributed by atoms with Crippen LogP contribution in [0.4, 0.5) is 0 Å². The maximum Gasteiger partial charge on any atom is 0.260 e. The third kappa shape index (κ3) is 4.56. The number of hydrogen-bond donors (Lipinski definition) is 2. The minimum atomic E-state index is -0.604. The first-order valence-corrected chi connectivity index (χ1v) is 9.06. The first-order chi connectivity index (χ1) is 12.9. The van der Waals surface area contributed by atoms with Crippen LogP contribution in [0.15, 0.2) is 53.3 Å². The summed E-state index contributed by atoms with van der Waals surface area (Å²) in [5.74, 6) is 0.444. The molecule has 0 aliphatic carbocycles. The first-order valence-electron chi connectivity index (χ1n) is 9.06. The van der Waals surface area contributed by atoms with E-state index in [4.69, 9.17) is 4.74 Å². The topological polar surface area (TPSA) is 71.2 Å². The lowest BCUT2D eigenvalue weighted by atomic mass is 10.0. The number of rotatable bonds is 6. The van der Waals surface area contributed by atoms with Crippen molar-refractivity contribution in [2.75, 3.05) is 6.54 Å². The predicted octanol–water partition coefficient (Wildman–Crippen LogP) is 3.27. The first kappa shape index (κ1) is 18.7. The molecule has 5 nitrogen and oxygen atoms in total. The highest BCUT2D eigenvalue weighted by atomic mass is 16.5. The predicted molar refractivity (Wildman–Crippen MR) is 107 cm³/mol.